The van der Waals surface area contributed by atoms with Crippen molar-refractivity contribution in [1.82, 2.24) is 0 Å². The highest BCUT2D eigenvalue weighted by Crippen LogP contribution is 2.29. The second-order valence-corrected chi connectivity index (χ2v) is 7.33. The van der Waals surface area contributed by atoms with Gasteiger partial charge in [-0.3, -0.25) is 4.72 Å². The number of halogens is 3. The van der Waals surface area contributed by atoms with Gasteiger partial charge in [-0.05, 0) is 37.3 Å². The number of hydrogen-bond donors (Lipinski definition) is 2. The minimum absolute atomic E-state index is 0.00932. The van der Waals surface area contributed by atoms with E-state index in [1.807, 2.05) is 0 Å². The molecule has 8 heteroatoms. The van der Waals surface area contributed by atoms with Gasteiger partial charge in [-0.2, -0.15) is 0 Å². The maximum absolute atomic E-state index is 13.6. The topological polar surface area (TPSA) is 72.2 Å². The molecule has 4 nitrogen and oxygen atoms in total. The summed E-state index contributed by atoms with van der Waals surface area (Å²) in [4.78, 5) is -0.223. The molecular weight excluding hydrogens is 383 g/mol. The molecule has 0 aliphatic rings. The Morgan fingerprint density at radius 1 is 1.29 bits per heavy atom. The average molecular weight is 394 g/mol. The van der Waals surface area contributed by atoms with E-state index in [1.54, 1.807) is 12.1 Å². The molecule has 0 saturated heterocycles. The van der Waals surface area contributed by atoms with Gasteiger partial charge in [-0.25, -0.2) is 12.8 Å². The second-order valence-electron chi connectivity index (χ2n) is 4.36. The summed E-state index contributed by atoms with van der Waals surface area (Å²) in [5.74, 6) is -0.683. The van der Waals surface area contributed by atoms with Crippen LogP contribution in [0.5, 0.6) is 0 Å². The maximum atomic E-state index is 13.6. The molecule has 3 N–H and O–H groups in total. The van der Waals surface area contributed by atoms with Crippen molar-refractivity contribution in [1.29, 1.82) is 0 Å². The van der Waals surface area contributed by atoms with Crippen LogP contribution in [0, 0.1) is 12.7 Å². The predicted molar refractivity (Wildman–Crippen MR) is 85.5 cm³/mol. The minimum Gasteiger partial charge on any atom is -0.399 e. The summed E-state index contributed by atoms with van der Waals surface area (Å²) in [7, 11) is -3.99. The van der Waals surface area contributed by atoms with E-state index in [1.165, 1.54) is 19.1 Å². The van der Waals surface area contributed by atoms with Crippen molar-refractivity contribution < 1.29 is 12.8 Å². The van der Waals surface area contributed by atoms with E-state index in [4.69, 9.17) is 17.3 Å². The number of anilines is 2. The highest BCUT2D eigenvalue weighted by Gasteiger charge is 2.21. The normalized spacial score (nSPS) is 11.4. The van der Waals surface area contributed by atoms with E-state index in [0.29, 0.717) is 4.47 Å². The quantitative estimate of drug-likeness (QED) is 0.776. The number of nitrogens with one attached hydrogen (secondary N) is 1. The highest BCUT2D eigenvalue weighted by atomic mass is 79.9. The fourth-order valence-electron chi connectivity index (χ4n) is 1.72. The molecular formula is C13H11BrClFN2O2S. The van der Waals surface area contributed by atoms with Gasteiger partial charge in [0.1, 0.15) is 5.82 Å². The number of nitrogens with two attached hydrogens (primary N) is 1. The molecule has 0 unspecified atom stereocenters. The van der Waals surface area contributed by atoms with Gasteiger partial charge in [0.05, 0.1) is 15.6 Å². The summed E-state index contributed by atoms with van der Waals surface area (Å²) in [6.07, 6.45) is 0. The first-order valence-electron chi connectivity index (χ1n) is 5.74. The lowest BCUT2D eigenvalue weighted by molar-refractivity contribution is 0.591. The molecule has 2 aromatic carbocycles. The molecule has 0 radical (unpaired) electrons. The summed E-state index contributed by atoms with van der Waals surface area (Å²) in [5.41, 5.74) is 5.72. The van der Waals surface area contributed by atoms with E-state index < -0.39 is 15.8 Å². The molecule has 0 bridgehead atoms. The van der Waals surface area contributed by atoms with E-state index in [-0.39, 0.29) is 26.9 Å². The van der Waals surface area contributed by atoms with Crippen LogP contribution in [0.1, 0.15) is 5.56 Å². The Bertz CT molecular complexity index is 812. The van der Waals surface area contributed by atoms with Gasteiger partial charge in [-0.1, -0.05) is 27.5 Å². The van der Waals surface area contributed by atoms with E-state index >= 15 is 0 Å². The standard InChI is InChI=1S/C13H11BrClFN2O2S/c1-7-11(16)5-9(17)6-13(7)21(19,20)18-12-3-2-8(14)4-10(12)15/h2-6,18H,17H2,1H3. The summed E-state index contributed by atoms with van der Waals surface area (Å²) < 4.78 is 41.4. The van der Waals surface area contributed by atoms with Gasteiger partial charge >= 0.3 is 0 Å². The zero-order chi connectivity index (χ0) is 15.8. The van der Waals surface area contributed by atoms with Crippen LogP contribution in [0.2, 0.25) is 5.02 Å². The smallest absolute Gasteiger partial charge is 0.262 e. The van der Waals surface area contributed by atoms with Crippen LogP contribution >= 0.6 is 27.5 Å². The molecule has 0 atom stereocenters. The van der Waals surface area contributed by atoms with Crippen molar-refractivity contribution in [3.8, 4) is 0 Å². The Kier molecular flexibility index (Phi) is 4.46. The monoisotopic (exact) mass is 392 g/mol. The molecule has 0 fully saturated rings. The third kappa shape index (κ3) is 3.48. The third-order valence-electron chi connectivity index (χ3n) is 2.78. The third-order valence-corrected chi connectivity index (χ3v) is 5.08. The Hall–Kier alpha value is -1.31. The molecule has 0 spiro atoms. The van der Waals surface area contributed by atoms with Crippen LogP contribution in [-0.2, 0) is 10.0 Å². The van der Waals surface area contributed by atoms with Crippen LogP contribution in [0.25, 0.3) is 0 Å². The van der Waals surface area contributed by atoms with Gasteiger partial charge < -0.3 is 5.73 Å². The molecule has 0 amide bonds. The summed E-state index contributed by atoms with van der Waals surface area (Å²) in [5, 5.41) is 0.218. The Balaban J connectivity index is 2.48. The van der Waals surface area contributed by atoms with Crippen molar-refractivity contribution in [2.24, 2.45) is 0 Å². The predicted octanol–water partition coefficient (Wildman–Crippen LogP) is 3.93. The molecule has 2 rings (SSSR count). The van der Waals surface area contributed by atoms with Crippen LogP contribution in [0.3, 0.4) is 0 Å². The lowest BCUT2D eigenvalue weighted by Crippen LogP contribution is -2.15. The van der Waals surface area contributed by atoms with Crippen molar-refractivity contribution in [2.45, 2.75) is 11.8 Å². The van der Waals surface area contributed by atoms with Gasteiger partial charge in [0, 0.05) is 15.7 Å². The fraction of sp³-hybridized carbons (Fsp3) is 0.0769. The number of rotatable bonds is 3. The average Bonchev–Trinajstić information content (AvgIpc) is 2.37. The lowest BCUT2D eigenvalue weighted by atomic mass is 10.2. The van der Waals surface area contributed by atoms with Crippen molar-refractivity contribution in [2.75, 3.05) is 10.5 Å². The number of nitrogen functional groups attached to an aromatic ring is 1. The molecule has 2 aromatic rings. The molecule has 0 aromatic heterocycles. The SMILES string of the molecule is Cc1c(F)cc(N)cc1S(=O)(=O)Nc1ccc(Br)cc1Cl. The summed E-state index contributed by atoms with van der Waals surface area (Å²) >= 11 is 9.19. The van der Waals surface area contributed by atoms with Crippen LogP contribution in [0.15, 0.2) is 39.7 Å². The maximum Gasteiger partial charge on any atom is 0.262 e. The first kappa shape index (κ1) is 16.1. The lowest BCUT2D eigenvalue weighted by Gasteiger charge is -2.13. The molecule has 21 heavy (non-hydrogen) atoms. The zero-order valence-electron chi connectivity index (χ0n) is 10.8. The van der Waals surface area contributed by atoms with Crippen molar-refractivity contribution in [3.63, 3.8) is 0 Å². The van der Waals surface area contributed by atoms with Crippen molar-refractivity contribution >= 4 is 48.9 Å². The molecule has 112 valence electrons. The van der Waals surface area contributed by atoms with Gasteiger partial charge in [0.2, 0.25) is 0 Å². The first-order chi connectivity index (χ1) is 9.70. The van der Waals surface area contributed by atoms with E-state index in [2.05, 4.69) is 20.7 Å². The summed E-state index contributed by atoms with van der Waals surface area (Å²) in [6, 6.07) is 6.96. The molecule has 0 saturated carbocycles. The first-order valence-corrected chi connectivity index (χ1v) is 8.39. The largest absolute Gasteiger partial charge is 0.399 e. The zero-order valence-corrected chi connectivity index (χ0v) is 14.0. The van der Waals surface area contributed by atoms with E-state index in [0.717, 1.165) is 6.07 Å². The van der Waals surface area contributed by atoms with Gasteiger partial charge in [0.25, 0.3) is 10.0 Å². The Morgan fingerprint density at radius 2 is 1.95 bits per heavy atom. The van der Waals surface area contributed by atoms with Gasteiger partial charge in [0.15, 0.2) is 0 Å². The molecule has 0 aliphatic carbocycles. The Labute approximate surface area is 135 Å². The fourth-order valence-corrected chi connectivity index (χ4v) is 3.87. The van der Waals surface area contributed by atoms with Crippen LogP contribution in [0.4, 0.5) is 15.8 Å². The number of benzene rings is 2. The second kappa shape index (κ2) is 5.82. The molecule has 0 heterocycles. The minimum atomic E-state index is -3.99. The summed E-state index contributed by atoms with van der Waals surface area (Å²) in [6.45, 7) is 1.37. The Morgan fingerprint density at radius 3 is 2.57 bits per heavy atom. The molecule has 0 aliphatic heterocycles. The van der Waals surface area contributed by atoms with E-state index in [9.17, 15) is 12.8 Å². The van der Waals surface area contributed by atoms with Gasteiger partial charge in [-0.15, -0.1) is 0 Å². The van der Waals surface area contributed by atoms with Crippen molar-refractivity contribution in [3.05, 3.63) is 51.2 Å². The van der Waals surface area contributed by atoms with Crippen LogP contribution < -0.4 is 10.5 Å². The highest BCUT2D eigenvalue weighted by molar-refractivity contribution is 9.10. The number of hydrogen-bond acceptors (Lipinski definition) is 3. The number of sulfonamides is 1. The van der Waals surface area contributed by atoms with Crippen LogP contribution in [-0.4, -0.2) is 8.42 Å².